The van der Waals surface area contributed by atoms with E-state index in [1.165, 1.54) is 13.1 Å². The van der Waals surface area contributed by atoms with E-state index in [1.807, 2.05) is 11.0 Å². The maximum absolute atomic E-state index is 17.8. The molecular formula is C42H41F6N9O3S. The molecular weight excluding hydrogens is 825 g/mol. The first-order valence-corrected chi connectivity index (χ1v) is 20.9. The number of piperidine rings is 1. The van der Waals surface area contributed by atoms with E-state index >= 15 is 22.0 Å². The molecule has 3 atom stereocenters. The molecule has 4 N–H and O–H groups in total. The number of carbonyl (C=O) groups is 1. The van der Waals surface area contributed by atoms with Gasteiger partial charge in [-0.2, -0.15) is 28.4 Å². The van der Waals surface area contributed by atoms with Crippen molar-refractivity contribution in [3.05, 3.63) is 58.8 Å². The second-order valence-electron chi connectivity index (χ2n) is 16.3. The Morgan fingerprint density at radius 2 is 1.92 bits per heavy atom. The minimum absolute atomic E-state index is 0.0264. The fourth-order valence-electron chi connectivity index (χ4n) is 9.95. The molecule has 9 rings (SSSR count). The monoisotopic (exact) mass is 865 g/mol. The summed E-state index contributed by atoms with van der Waals surface area (Å²) in [5.41, 5.74) is 8.62. The highest BCUT2D eigenvalue weighted by Gasteiger charge is 2.50. The Hall–Kier alpha value is -5.61. The molecule has 0 spiro atoms. The lowest BCUT2D eigenvalue weighted by atomic mass is 9.86. The Balaban J connectivity index is 1.29. The third-order valence-corrected chi connectivity index (χ3v) is 13.8. The van der Waals surface area contributed by atoms with Crippen LogP contribution in [0.1, 0.15) is 68.2 Å². The van der Waals surface area contributed by atoms with E-state index in [1.54, 1.807) is 21.9 Å². The number of pyridine rings is 1. The fourth-order valence-corrected chi connectivity index (χ4v) is 10.9. The van der Waals surface area contributed by atoms with Crippen molar-refractivity contribution in [2.45, 2.75) is 69.4 Å². The van der Waals surface area contributed by atoms with Gasteiger partial charge in [0.1, 0.15) is 64.7 Å². The Bertz CT molecular complexity index is 2610. The van der Waals surface area contributed by atoms with Crippen molar-refractivity contribution >= 4 is 54.9 Å². The number of rotatable bonds is 8. The average Bonchev–Trinajstić information content (AvgIpc) is 3.83. The largest absolute Gasteiger partial charge is 0.490 e. The quantitative estimate of drug-likeness (QED) is 0.147. The molecule has 3 fully saturated rings. The summed E-state index contributed by atoms with van der Waals surface area (Å²) in [4.78, 5) is 31.2. The van der Waals surface area contributed by atoms with E-state index in [-0.39, 0.29) is 88.2 Å². The summed E-state index contributed by atoms with van der Waals surface area (Å²) in [5, 5.41) is 9.23. The predicted molar refractivity (Wildman–Crippen MR) is 217 cm³/mol. The van der Waals surface area contributed by atoms with Crippen LogP contribution in [0.4, 0.5) is 43.0 Å². The zero-order valence-electron chi connectivity index (χ0n) is 33.0. The number of carbonyl (C=O) groups excluding carboxylic acids is 1. The summed E-state index contributed by atoms with van der Waals surface area (Å²) in [6.45, 7) is 2.96. The van der Waals surface area contributed by atoms with Crippen LogP contribution in [0.2, 0.25) is 0 Å². The van der Waals surface area contributed by atoms with Gasteiger partial charge in [0, 0.05) is 55.7 Å². The van der Waals surface area contributed by atoms with Crippen molar-refractivity contribution in [1.29, 1.82) is 5.26 Å². The molecule has 0 bridgehead atoms. The van der Waals surface area contributed by atoms with Crippen molar-refractivity contribution in [2.75, 3.05) is 62.3 Å². The summed E-state index contributed by atoms with van der Waals surface area (Å²) in [5.74, 6) is -3.01. The topological polar surface area (TPSA) is 160 Å². The molecule has 0 unspecified atom stereocenters. The predicted octanol–water partition coefficient (Wildman–Crippen LogP) is 7.78. The molecule has 7 heterocycles. The van der Waals surface area contributed by atoms with E-state index in [0.29, 0.717) is 62.2 Å². The number of fused-ring (bicyclic) bond motifs is 2. The van der Waals surface area contributed by atoms with Crippen LogP contribution in [0.15, 0.2) is 30.5 Å². The first kappa shape index (κ1) is 40.8. The number of hydrogen-bond donors (Lipinski definition) is 2. The average molecular weight is 866 g/mol. The van der Waals surface area contributed by atoms with Gasteiger partial charge in [0.2, 0.25) is 5.91 Å². The molecule has 12 nitrogen and oxygen atoms in total. The number of halogens is 6. The number of benzene rings is 2. The van der Waals surface area contributed by atoms with Gasteiger partial charge in [-0.15, -0.1) is 11.3 Å². The summed E-state index contributed by atoms with van der Waals surface area (Å²) in [6, 6.07) is 6.15. The van der Waals surface area contributed by atoms with Crippen LogP contribution in [0.5, 0.6) is 11.8 Å². The first-order chi connectivity index (χ1) is 29.2. The minimum atomic E-state index is -5.27. The molecule has 3 saturated heterocycles. The summed E-state index contributed by atoms with van der Waals surface area (Å²) < 4.78 is 107. The van der Waals surface area contributed by atoms with Crippen LogP contribution in [0.25, 0.3) is 32.1 Å². The van der Waals surface area contributed by atoms with Gasteiger partial charge in [-0.3, -0.25) is 9.69 Å². The maximum atomic E-state index is 17.8. The lowest BCUT2D eigenvalue weighted by Gasteiger charge is -2.38. The van der Waals surface area contributed by atoms with E-state index < -0.39 is 63.5 Å². The zero-order valence-corrected chi connectivity index (χ0v) is 33.8. The summed E-state index contributed by atoms with van der Waals surface area (Å²) in [7, 11) is 0. The lowest BCUT2D eigenvalue weighted by Crippen LogP contribution is -2.43. The number of ether oxygens (including phenoxy) is 2. The summed E-state index contributed by atoms with van der Waals surface area (Å²) >= 11 is 0.662. The van der Waals surface area contributed by atoms with Gasteiger partial charge in [-0.05, 0) is 62.3 Å². The molecule has 320 valence electrons. The number of amides is 1. The van der Waals surface area contributed by atoms with E-state index in [2.05, 4.69) is 9.97 Å². The number of anilines is 3. The number of alkyl halides is 4. The number of likely N-dealkylation sites (tertiary alicyclic amines) is 1. The molecule has 3 aromatic heterocycles. The molecule has 1 amide bonds. The third kappa shape index (κ3) is 6.97. The van der Waals surface area contributed by atoms with Crippen molar-refractivity contribution < 1.29 is 40.6 Å². The van der Waals surface area contributed by atoms with Gasteiger partial charge in [-0.1, -0.05) is 12.1 Å². The smallest absolute Gasteiger partial charge is 0.420 e. The van der Waals surface area contributed by atoms with Crippen molar-refractivity contribution in [3.8, 4) is 29.0 Å². The molecule has 4 aliphatic heterocycles. The number of nitrogens with zero attached hydrogens (tertiary/aromatic N) is 7. The Morgan fingerprint density at radius 1 is 1.13 bits per heavy atom. The van der Waals surface area contributed by atoms with Crippen LogP contribution < -0.4 is 25.8 Å². The minimum Gasteiger partial charge on any atom is -0.490 e. The number of thiophene rings is 1. The lowest BCUT2D eigenvalue weighted by molar-refractivity contribution is -0.138. The van der Waals surface area contributed by atoms with Crippen molar-refractivity contribution in [3.63, 3.8) is 0 Å². The maximum Gasteiger partial charge on any atom is 0.420 e. The van der Waals surface area contributed by atoms with Crippen LogP contribution in [0, 0.1) is 28.9 Å². The van der Waals surface area contributed by atoms with Gasteiger partial charge in [0.15, 0.2) is 5.82 Å². The zero-order chi connectivity index (χ0) is 43.0. The molecule has 0 radical (unpaired) electrons. The summed E-state index contributed by atoms with van der Waals surface area (Å²) in [6.07, 6.45) is -1.54. The van der Waals surface area contributed by atoms with Gasteiger partial charge < -0.3 is 30.7 Å². The number of nitrogen functional groups attached to an aromatic ring is 2. The second kappa shape index (κ2) is 15.4. The van der Waals surface area contributed by atoms with Gasteiger partial charge in [0.05, 0.1) is 33.8 Å². The third-order valence-electron chi connectivity index (χ3n) is 12.8. The van der Waals surface area contributed by atoms with Crippen molar-refractivity contribution in [2.24, 2.45) is 5.92 Å². The molecule has 5 aromatic rings. The van der Waals surface area contributed by atoms with E-state index in [9.17, 15) is 14.4 Å². The molecule has 0 saturated carbocycles. The fraction of sp³-hybridized carbons (Fsp3) is 0.452. The van der Waals surface area contributed by atoms with Crippen LogP contribution in [0.3, 0.4) is 0 Å². The van der Waals surface area contributed by atoms with Crippen LogP contribution in [-0.4, -0.2) is 88.3 Å². The molecule has 2 aromatic carbocycles. The van der Waals surface area contributed by atoms with Crippen LogP contribution in [-0.2, 0) is 11.0 Å². The molecule has 19 heteroatoms. The van der Waals surface area contributed by atoms with Gasteiger partial charge in [0.25, 0.3) is 0 Å². The highest BCUT2D eigenvalue weighted by Crippen LogP contribution is 2.54. The number of nitriles is 1. The SMILES string of the molecule is CC(=O)N1CCC(C[C@H](c2cccnc2N)N2CCOc3c(C(F)(F)F)c(-c4ccc(F)c5sc(N)c(C#N)c45)c(F)c4nc(OC[C@@]56CCCN5C[C@H](F)C6)nc2c34)CC1. The molecule has 61 heavy (non-hydrogen) atoms. The van der Waals surface area contributed by atoms with E-state index in [4.69, 9.17) is 25.9 Å². The Kier molecular flexibility index (Phi) is 10.3. The number of nitrogens with two attached hydrogens (primary N) is 2. The molecule has 4 aliphatic rings. The first-order valence-electron chi connectivity index (χ1n) is 20.1. The Morgan fingerprint density at radius 3 is 2.64 bits per heavy atom. The number of aromatic nitrogens is 3. The van der Waals surface area contributed by atoms with Crippen LogP contribution >= 0.6 is 11.3 Å². The highest BCUT2D eigenvalue weighted by molar-refractivity contribution is 7.23. The standard InChI is InChI=1S/C42H41F6N9O3S/c1-21(58)55-12-7-22(8-13-55)16-28(24-4-2-10-52-37(24)50)57-14-15-59-35-31-34(53-40(54-39(31)57)60-20-41-9-3-11-56(41)19-23(43)17-41)33(45)30(32(35)42(46,47)48)25-5-6-27(44)36-29(25)26(18-49)38(51)61-36/h2,4-6,10,22-23,28H,3,7-9,11-17,19-20,51H2,1H3,(H2,50,52)/t23-,28-,41+/m1/s1. The molecule has 0 aliphatic carbocycles. The highest BCUT2D eigenvalue weighted by atomic mass is 32.1. The normalized spacial score (nSPS) is 21.4. The van der Waals surface area contributed by atoms with Crippen molar-refractivity contribution in [1.82, 2.24) is 24.8 Å². The van der Waals surface area contributed by atoms with Gasteiger partial charge in [-0.25, -0.2) is 18.2 Å². The number of hydrogen-bond acceptors (Lipinski definition) is 12. The second-order valence-corrected chi connectivity index (χ2v) is 17.3. The van der Waals surface area contributed by atoms with Gasteiger partial charge >= 0.3 is 12.2 Å². The Labute approximate surface area is 350 Å². The van der Waals surface area contributed by atoms with E-state index in [0.717, 1.165) is 18.6 Å².